The Morgan fingerprint density at radius 2 is 1.87 bits per heavy atom. The van der Waals surface area contributed by atoms with Crippen LogP contribution in [0.1, 0.15) is 81.8 Å². The van der Waals surface area contributed by atoms with Crippen molar-refractivity contribution in [3.05, 3.63) is 28.8 Å². The second kappa shape index (κ2) is 7.63. The Kier molecular flexibility index (Phi) is 5.55. The number of hydrogen-bond donors (Lipinski definition) is 0. The van der Waals surface area contributed by atoms with Gasteiger partial charge in [-0.25, -0.2) is 4.39 Å². The Balaban J connectivity index is 1.67. The first kappa shape index (κ1) is 16.7. The number of rotatable bonds is 5. The fourth-order valence-electron chi connectivity index (χ4n) is 4.20. The molecule has 128 valence electrons. The first-order chi connectivity index (χ1) is 11.2. The molecule has 1 saturated carbocycles. The van der Waals surface area contributed by atoms with Gasteiger partial charge in [0, 0.05) is 0 Å². The lowest BCUT2D eigenvalue weighted by Gasteiger charge is -2.30. The van der Waals surface area contributed by atoms with Crippen molar-refractivity contribution in [1.29, 1.82) is 0 Å². The Morgan fingerprint density at radius 3 is 2.61 bits per heavy atom. The van der Waals surface area contributed by atoms with Crippen LogP contribution >= 0.6 is 0 Å². The summed E-state index contributed by atoms with van der Waals surface area (Å²) in [4.78, 5) is 0. The topological polar surface area (TPSA) is 9.23 Å². The molecule has 0 saturated heterocycles. The molecule has 1 heterocycles. The lowest BCUT2D eigenvalue weighted by Crippen LogP contribution is -2.17. The summed E-state index contributed by atoms with van der Waals surface area (Å²) < 4.78 is 34.1. The largest absolute Gasteiger partial charge is 0.490 e. The SMILES string of the molecule is CCCCCC1CCC(c2cc3c(c(F)c2F)OCCC3)CC1. The normalized spacial score (nSPS) is 24.1. The number of unbranched alkanes of at least 4 members (excludes halogenated alkanes) is 2. The molecule has 1 aromatic rings. The van der Waals surface area contributed by atoms with Gasteiger partial charge in [-0.1, -0.05) is 32.6 Å². The van der Waals surface area contributed by atoms with Gasteiger partial charge in [0.25, 0.3) is 0 Å². The van der Waals surface area contributed by atoms with Crippen molar-refractivity contribution in [2.75, 3.05) is 6.61 Å². The van der Waals surface area contributed by atoms with E-state index in [9.17, 15) is 8.78 Å². The molecule has 1 fully saturated rings. The van der Waals surface area contributed by atoms with E-state index in [4.69, 9.17) is 4.74 Å². The van der Waals surface area contributed by atoms with Crippen molar-refractivity contribution < 1.29 is 13.5 Å². The van der Waals surface area contributed by atoms with Gasteiger partial charge in [0.1, 0.15) is 0 Å². The highest BCUT2D eigenvalue weighted by atomic mass is 19.2. The van der Waals surface area contributed by atoms with Gasteiger partial charge in [-0.2, -0.15) is 4.39 Å². The molecular formula is C20H28F2O. The molecule has 0 amide bonds. The third-order valence-electron chi connectivity index (χ3n) is 5.61. The van der Waals surface area contributed by atoms with Gasteiger partial charge in [0.15, 0.2) is 11.6 Å². The maximum atomic E-state index is 14.5. The maximum absolute atomic E-state index is 14.5. The summed E-state index contributed by atoms with van der Waals surface area (Å²) in [5.74, 6) is -0.307. The van der Waals surface area contributed by atoms with Gasteiger partial charge in [0.05, 0.1) is 6.61 Å². The number of benzene rings is 1. The van der Waals surface area contributed by atoms with Gasteiger partial charge >= 0.3 is 0 Å². The molecule has 1 aliphatic carbocycles. The molecule has 0 atom stereocenters. The molecule has 0 spiro atoms. The zero-order valence-corrected chi connectivity index (χ0v) is 14.2. The molecule has 1 aliphatic heterocycles. The van der Waals surface area contributed by atoms with Crippen LogP contribution in [0.4, 0.5) is 8.78 Å². The lowest BCUT2D eigenvalue weighted by molar-refractivity contribution is 0.263. The van der Waals surface area contributed by atoms with Crippen molar-refractivity contribution in [1.82, 2.24) is 0 Å². The van der Waals surface area contributed by atoms with Gasteiger partial charge in [-0.15, -0.1) is 0 Å². The summed E-state index contributed by atoms with van der Waals surface area (Å²) in [5, 5.41) is 0. The fourth-order valence-corrected chi connectivity index (χ4v) is 4.20. The van der Waals surface area contributed by atoms with E-state index in [1.54, 1.807) is 0 Å². The van der Waals surface area contributed by atoms with E-state index in [2.05, 4.69) is 6.92 Å². The number of hydrogen-bond acceptors (Lipinski definition) is 1. The third kappa shape index (κ3) is 3.70. The summed E-state index contributed by atoms with van der Waals surface area (Å²) in [6, 6.07) is 1.88. The fraction of sp³-hybridized carbons (Fsp3) is 0.700. The van der Waals surface area contributed by atoms with Crippen molar-refractivity contribution in [3.8, 4) is 5.75 Å². The number of ether oxygens (including phenoxy) is 1. The van der Waals surface area contributed by atoms with Crippen LogP contribution in [0.2, 0.25) is 0 Å². The van der Waals surface area contributed by atoms with E-state index < -0.39 is 11.6 Å². The standard InChI is InChI=1S/C20H28F2O/c1-2-3-4-6-14-8-10-15(11-9-14)17-13-16-7-5-12-23-20(16)19(22)18(17)21/h13-15H,2-12H2,1H3. The van der Waals surface area contributed by atoms with Gasteiger partial charge in [-0.3, -0.25) is 0 Å². The average Bonchev–Trinajstić information content (AvgIpc) is 2.59. The van der Waals surface area contributed by atoms with Crippen molar-refractivity contribution in [2.24, 2.45) is 5.92 Å². The molecule has 2 aliphatic rings. The van der Waals surface area contributed by atoms with E-state index in [1.807, 2.05) is 6.07 Å². The molecule has 1 nitrogen and oxygen atoms in total. The van der Waals surface area contributed by atoms with Crippen LogP contribution in [0.15, 0.2) is 6.07 Å². The molecule has 3 heteroatoms. The number of aryl methyl sites for hydroxylation is 1. The summed E-state index contributed by atoms with van der Waals surface area (Å²) in [7, 11) is 0. The Hall–Kier alpha value is -1.12. The first-order valence-corrected chi connectivity index (χ1v) is 9.34. The average molecular weight is 322 g/mol. The molecular weight excluding hydrogens is 294 g/mol. The Morgan fingerprint density at radius 1 is 1.09 bits per heavy atom. The van der Waals surface area contributed by atoms with E-state index >= 15 is 0 Å². The van der Waals surface area contributed by atoms with Crippen LogP contribution in [0.3, 0.4) is 0 Å². The highest BCUT2D eigenvalue weighted by Crippen LogP contribution is 2.42. The highest BCUT2D eigenvalue weighted by molar-refractivity contribution is 5.42. The molecule has 0 bridgehead atoms. The van der Waals surface area contributed by atoms with Gasteiger partial charge < -0.3 is 4.74 Å². The van der Waals surface area contributed by atoms with Gasteiger partial charge in [-0.05, 0) is 67.6 Å². The molecule has 0 aromatic heterocycles. The highest BCUT2D eigenvalue weighted by Gasteiger charge is 2.29. The Bertz CT molecular complexity index is 533. The second-order valence-corrected chi connectivity index (χ2v) is 7.25. The predicted octanol–water partition coefficient (Wildman–Crippen LogP) is 6.14. The molecule has 0 N–H and O–H groups in total. The second-order valence-electron chi connectivity index (χ2n) is 7.25. The number of halogens is 2. The van der Waals surface area contributed by atoms with Crippen LogP contribution in [-0.2, 0) is 6.42 Å². The molecule has 1 aromatic carbocycles. The van der Waals surface area contributed by atoms with Crippen LogP contribution in [0, 0.1) is 17.6 Å². The monoisotopic (exact) mass is 322 g/mol. The summed E-state index contributed by atoms with van der Waals surface area (Å²) in [5.41, 5.74) is 1.45. The van der Waals surface area contributed by atoms with Crippen molar-refractivity contribution in [3.63, 3.8) is 0 Å². The van der Waals surface area contributed by atoms with Crippen molar-refractivity contribution in [2.45, 2.75) is 77.0 Å². The minimum absolute atomic E-state index is 0.158. The zero-order chi connectivity index (χ0) is 16.2. The first-order valence-electron chi connectivity index (χ1n) is 9.34. The van der Waals surface area contributed by atoms with E-state index in [1.165, 1.54) is 25.7 Å². The minimum Gasteiger partial charge on any atom is -0.490 e. The third-order valence-corrected chi connectivity index (χ3v) is 5.61. The van der Waals surface area contributed by atoms with E-state index in [-0.39, 0.29) is 11.7 Å². The smallest absolute Gasteiger partial charge is 0.201 e. The van der Waals surface area contributed by atoms with Crippen LogP contribution < -0.4 is 4.74 Å². The molecule has 0 radical (unpaired) electrons. The summed E-state index contributed by atoms with van der Waals surface area (Å²) >= 11 is 0. The number of fused-ring (bicyclic) bond motifs is 1. The van der Waals surface area contributed by atoms with Crippen molar-refractivity contribution >= 4 is 0 Å². The lowest BCUT2D eigenvalue weighted by atomic mass is 9.76. The minimum atomic E-state index is -0.762. The van der Waals surface area contributed by atoms with E-state index in [0.717, 1.165) is 50.0 Å². The van der Waals surface area contributed by atoms with Crippen LogP contribution in [-0.4, -0.2) is 6.61 Å². The summed E-state index contributed by atoms with van der Waals surface area (Å²) in [6.07, 6.45) is 11.2. The van der Waals surface area contributed by atoms with E-state index in [0.29, 0.717) is 12.2 Å². The van der Waals surface area contributed by atoms with Crippen LogP contribution in [0.5, 0.6) is 5.75 Å². The summed E-state index contributed by atoms with van der Waals surface area (Å²) in [6.45, 7) is 2.72. The molecule has 23 heavy (non-hydrogen) atoms. The van der Waals surface area contributed by atoms with Gasteiger partial charge in [0.2, 0.25) is 5.82 Å². The Labute approximate surface area is 138 Å². The molecule has 3 rings (SSSR count). The van der Waals surface area contributed by atoms with Crippen LogP contribution in [0.25, 0.3) is 0 Å². The zero-order valence-electron chi connectivity index (χ0n) is 14.2. The quantitative estimate of drug-likeness (QED) is 0.591. The maximum Gasteiger partial charge on any atom is 0.201 e. The predicted molar refractivity (Wildman–Crippen MR) is 89.0 cm³/mol. The molecule has 0 unspecified atom stereocenters.